The lowest BCUT2D eigenvalue weighted by Crippen LogP contribution is -2.38. The first-order valence-electron chi connectivity index (χ1n) is 9.83. The van der Waals surface area contributed by atoms with E-state index in [1.54, 1.807) is 41.1 Å². The second-order valence-corrected chi connectivity index (χ2v) is 9.75. The molecule has 1 aromatic heterocycles. The molecular weight excluding hydrogens is 484 g/mol. The molecule has 0 radical (unpaired) electrons. The van der Waals surface area contributed by atoms with Crippen molar-refractivity contribution in [2.45, 2.75) is 19.4 Å². The van der Waals surface area contributed by atoms with Gasteiger partial charge >= 0.3 is 6.09 Å². The number of nitrogens with zero attached hydrogens (tertiary/aromatic N) is 2. The molecule has 0 saturated carbocycles. The Hall–Kier alpha value is -2.43. The van der Waals surface area contributed by atoms with Gasteiger partial charge in [0.05, 0.1) is 9.83 Å². The maximum absolute atomic E-state index is 12.6. The fourth-order valence-corrected chi connectivity index (χ4v) is 4.53. The van der Waals surface area contributed by atoms with E-state index in [0.717, 1.165) is 9.35 Å². The lowest BCUT2D eigenvalue weighted by atomic mass is 10.1. The molecule has 1 unspecified atom stereocenters. The number of hydrogen-bond acceptors (Lipinski definition) is 6. The molecule has 1 aromatic carbocycles. The van der Waals surface area contributed by atoms with Crippen molar-refractivity contribution < 1.29 is 19.1 Å². The zero-order valence-corrected chi connectivity index (χ0v) is 20.0. The minimum atomic E-state index is -0.587. The summed E-state index contributed by atoms with van der Waals surface area (Å²) in [6.45, 7) is 3.52. The van der Waals surface area contributed by atoms with Crippen LogP contribution in [0.3, 0.4) is 0 Å². The Morgan fingerprint density at radius 2 is 2.10 bits per heavy atom. The van der Waals surface area contributed by atoms with Gasteiger partial charge in [0.15, 0.2) is 5.06 Å². The van der Waals surface area contributed by atoms with E-state index in [9.17, 15) is 14.4 Å². The highest BCUT2D eigenvalue weighted by Gasteiger charge is 2.32. The predicted molar refractivity (Wildman–Crippen MR) is 124 cm³/mol. The second kappa shape index (κ2) is 10.3. The van der Waals surface area contributed by atoms with E-state index in [1.165, 1.54) is 11.3 Å². The summed E-state index contributed by atoms with van der Waals surface area (Å²) in [5, 5.41) is 6.24. The molecule has 166 valence electrons. The van der Waals surface area contributed by atoms with E-state index in [1.807, 2.05) is 20.0 Å². The van der Waals surface area contributed by atoms with E-state index >= 15 is 0 Å². The van der Waals surface area contributed by atoms with Crippen LogP contribution in [0.5, 0.6) is 5.06 Å². The number of thiophene rings is 1. The first-order valence-corrected chi connectivity index (χ1v) is 11.4. The number of rotatable bonds is 7. The highest BCUT2D eigenvalue weighted by molar-refractivity contribution is 9.11. The standard InChI is InChI=1S/C21H25BrN4O4S/c1-13-10-15(4-5-16(13)20(28)25(3)9-8-23-2)26-12-14(11-18(26)27)24-21(29)30-19-7-6-17(22)31-19/h4-7,10,14,23H,8-9,11-12H2,1-3H3,(H,24,29). The van der Waals surface area contributed by atoms with Crippen molar-refractivity contribution in [1.29, 1.82) is 0 Å². The smallest absolute Gasteiger partial charge is 0.399 e. The molecule has 1 atom stereocenters. The third kappa shape index (κ3) is 5.84. The number of aryl methyl sites for hydroxylation is 1. The molecule has 3 rings (SSSR count). The number of hydrogen-bond donors (Lipinski definition) is 2. The van der Waals surface area contributed by atoms with Gasteiger partial charge in [0, 0.05) is 44.4 Å². The van der Waals surface area contributed by atoms with Gasteiger partial charge in [-0.15, -0.1) is 0 Å². The van der Waals surface area contributed by atoms with Gasteiger partial charge in [-0.1, -0.05) is 11.3 Å². The summed E-state index contributed by atoms with van der Waals surface area (Å²) < 4.78 is 6.11. The first-order chi connectivity index (χ1) is 14.8. The van der Waals surface area contributed by atoms with Gasteiger partial charge in [-0.25, -0.2) is 4.79 Å². The number of ether oxygens (including phenoxy) is 1. The molecule has 10 heteroatoms. The van der Waals surface area contributed by atoms with Gasteiger partial charge in [-0.2, -0.15) is 0 Å². The molecule has 2 N–H and O–H groups in total. The van der Waals surface area contributed by atoms with Crippen LogP contribution in [0.1, 0.15) is 22.3 Å². The Kier molecular flexibility index (Phi) is 7.69. The minimum absolute atomic E-state index is 0.0606. The molecule has 0 spiro atoms. The molecule has 2 heterocycles. The Balaban J connectivity index is 1.62. The molecule has 1 fully saturated rings. The molecule has 31 heavy (non-hydrogen) atoms. The van der Waals surface area contributed by atoms with Crippen LogP contribution in [0.25, 0.3) is 0 Å². The fourth-order valence-electron chi connectivity index (χ4n) is 3.34. The van der Waals surface area contributed by atoms with Crippen molar-refractivity contribution >= 4 is 50.9 Å². The normalized spacial score (nSPS) is 15.8. The molecule has 0 aliphatic carbocycles. The van der Waals surface area contributed by atoms with Crippen molar-refractivity contribution in [1.82, 2.24) is 15.5 Å². The van der Waals surface area contributed by atoms with Crippen molar-refractivity contribution in [3.05, 3.63) is 45.2 Å². The highest BCUT2D eigenvalue weighted by Crippen LogP contribution is 2.29. The molecule has 3 amide bonds. The number of carbonyl (C=O) groups is 3. The van der Waals surface area contributed by atoms with Crippen molar-refractivity contribution in [3.63, 3.8) is 0 Å². The Morgan fingerprint density at radius 3 is 2.74 bits per heavy atom. The van der Waals surface area contributed by atoms with Crippen LogP contribution < -0.4 is 20.3 Å². The lowest BCUT2D eigenvalue weighted by molar-refractivity contribution is -0.117. The van der Waals surface area contributed by atoms with Crippen LogP contribution in [0, 0.1) is 6.92 Å². The van der Waals surface area contributed by atoms with Gasteiger partial charge < -0.3 is 25.2 Å². The molecule has 8 nitrogen and oxygen atoms in total. The molecular formula is C21H25BrN4O4S. The predicted octanol–water partition coefficient (Wildman–Crippen LogP) is 3.00. The summed E-state index contributed by atoms with van der Waals surface area (Å²) in [4.78, 5) is 40.6. The number of carbonyl (C=O) groups excluding carboxylic acids is 3. The number of anilines is 1. The number of amides is 3. The Morgan fingerprint density at radius 1 is 1.32 bits per heavy atom. The Labute approximate surface area is 193 Å². The third-order valence-corrected chi connectivity index (χ3v) is 6.49. The largest absolute Gasteiger partial charge is 0.413 e. The maximum Gasteiger partial charge on any atom is 0.413 e. The average Bonchev–Trinajstić information content (AvgIpc) is 3.29. The first kappa shape index (κ1) is 23.2. The molecule has 2 aromatic rings. The zero-order chi connectivity index (χ0) is 22.5. The van der Waals surface area contributed by atoms with Crippen LogP contribution in [0.15, 0.2) is 34.1 Å². The summed E-state index contributed by atoms with van der Waals surface area (Å²) >= 11 is 4.62. The number of likely N-dealkylation sites (N-methyl/N-ethyl adjacent to an activating group) is 2. The molecule has 0 bridgehead atoms. The van der Waals surface area contributed by atoms with Gasteiger partial charge in [0.25, 0.3) is 5.91 Å². The van der Waals surface area contributed by atoms with E-state index in [0.29, 0.717) is 35.9 Å². The third-order valence-electron chi connectivity index (χ3n) is 4.98. The van der Waals surface area contributed by atoms with Crippen LogP contribution in [-0.2, 0) is 4.79 Å². The molecule has 1 aliphatic heterocycles. The summed E-state index contributed by atoms with van der Waals surface area (Å²) in [5.74, 6) is -0.150. The van der Waals surface area contributed by atoms with Crippen LogP contribution in [0.4, 0.5) is 10.5 Å². The maximum atomic E-state index is 12.6. The topological polar surface area (TPSA) is 91.0 Å². The summed E-state index contributed by atoms with van der Waals surface area (Å²) in [6, 6.07) is 8.50. The monoisotopic (exact) mass is 508 g/mol. The highest BCUT2D eigenvalue weighted by atomic mass is 79.9. The van der Waals surface area contributed by atoms with Gasteiger partial charge in [-0.3, -0.25) is 9.59 Å². The van der Waals surface area contributed by atoms with Crippen LogP contribution in [0.2, 0.25) is 0 Å². The SMILES string of the molecule is CNCCN(C)C(=O)c1ccc(N2CC(NC(=O)Oc3ccc(Br)s3)CC2=O)cc1C. The van der Waals surface area contributed by atoms with Crippen LogP contribution in [-0.4, -0.2) is 62.6 Å². The lowest BCUT2D eigenvalue weighted by Gasteiger charge is -2.21. The quantitative estimate of drug-likeness (QED) is 0.599. The summed E-state index contributed by atoms with van der Waals surface area (Å²) in [6.07, 6.45) is -0.397. The molecule has 1 saturated heterocycles. The minimum Gasteiger partial charge on any atom is -0.399 e. The number of halogens is 1. The van der Waals surface area contributed by atoms with E-state index in [2.05, 4.69) is 26.6 Å². The number of nitrogens with one attached hydrogen (secondary N) is 2. The van der Waals surface area contributed by atoms with Gasteiger partial charge in [0.1, 0.15) is 0 Å². The van der Waals surface area contributed by atoms with Crippen LogP contribution >= 0.6 is 27.3 Å². The van der Waals surface area contributed by atoms with Crippen molar-refractivity contribution in [2.75, 3.05) is 38.6 Å². The van der Waals surface area contributed by atoms with E-state index in [-0.39, 0.29) is 24.3 Å². The van der Waals surface area contributed by atoms with Crippen molar-refractivity contribution in [2.24, 2.45) is 0 Å². The summed E-state index contributed by atoms with van der Waals surface area (Å²) in [7, 11) is 3.61. The average molecular weight is 509 g/mol. The summed E-state index contributed by atoms with van der Waals surface area (Å²) in [5.41, 5.74) is 2.11. The number of benzene rings is 1. The van der Waals surface area contributed by atoms with E-state index in [4.69, 9.17) is 4.74 Å². The fraction of sp³-hybridized carbons (Fsp3) is 0.381. The van der Waals surface area contributed by atoms with E-state index < -0.39 is 6.09 Å². The van der Waals surface area contributed by atoms with Gasteiger partial charge in [-0.05, 0) is 65.8 Å². The molecule has 1 aliphatic rings. The Bertz CT molecular complexity index is 980. The second-order valence-electron chi connectivity index (χ2n) is 7.33. The zero-order valence-electron chi connectivity index (χ0n) is 17.6. The van der Waals surface area contributed by atoms with Crippen molar-refractivity contribution in [3.8, 4) is 5.06 Å². The van der Waals surface area contributed by atoms with Gasteiger partial charge in [0.2, 0.25) is 5.91 Å².